The molecule has 1 amide bonds. The van der Waals surface area contributed by atoms with E-state index in [1.807, 2.05) is 6.92 Å². The van der Waals surface area contributed by atoms with Crippen molar-refractivity contribution in [2.75, 3.05) is 13.7 Å². The van der Waals surface area contributed by atoms with E-state index in [0.29, 0.717) is 25.1 Å². The van der Waals surface area contributed by atoms with Gasteiger partial charge >= 0.3 is 0 Å². The normalized spacial score (nSPS) is 22.5. The molecule has 1 aliphatic heterocycles. The molecule has 0 radical (unpaired) electrons. The van der Waals surface area contributed by atoms with E-state index in [-0.39, 0.29) is 22.7 Å². The van der Waals surface area contributed by atoms with Crippen molar-refractivity contribution in [2.45, 2.75) is 43.7 Å². The van der Waals surface area contributed by atoms with Crippen LogP contribution in [0.5, 0.6) is 0 Å². The third-order valence-corrected chi connectivity index (χ3v) is 4.80. The second-order valence-electron chi connectivity index (χ2n) is 5.13. The van der Waals surface area contributed by atoms with Gasteiger partial charge in [-0.05, 0) is 19.8 Å². The van der Waals surface area contributed by atoms with Gasteiger partial charge in [0.05, 0.1) is 17.8 Å². The summed E-state index contributed by atoms with van der Waals surface area (Å²) in [5, 5.41) is 11.6. The molecule has 0 spiro atoms. The number of nitrogens with two attached hydrogens (primary N) is 1. The zero-order chi connectivity index (χ0) is 15.8. The fraction of sp³-hybridized carbons (Fsp3) is 0.667. The van der Waals surface area contributed by atoms with E-state index in [2.05, 4.69) is 10.2 Å². The second kappa shape index (κ2) is 5.74. The van der Waals surface area contributed by atoms with Gasteiger partial charge in [0.1, 0.15) is 4.90 Å². The molecule has 0 aromatic carbocycles. The summed E-state index contributed by atoms with van der Waals surface area (Å²) in [7, 11) is -2.40. The van der Waals surface area contributed by atoms with Crippen LogP contribution in [0, 0.1) is 0 Å². The molecule has 2 unspecified atom stereocenters. The number of aromatic nitrogens is 2. The van der Waals surface area contributed by atoms with Crippen molar-refractivity contribution >= 4 is 15.9 Å². The summed E-state index contributed by atoms with van der Waals surface area (Å²) in [5.74, 6) is -0.475. The largest absolute Gasteiger partial charge is 0.376 e. The molecule has 0 saturated carbocycles. The van der Waals surface area contributed by atoms with Gasteiger partial charge in [0, 0.05) is 13.7 Å². The maximum absolute atomic E-state index is 12.5. The predicted molar refractivity (Wildman–Crippen MR) is 75.3 cm³/mol. The van der Waals surface area contributed by atoms with Crippen molar-refractivity contribution < 1.29 is 17.9 Å². The number of rotatable bonds is 4. The summed E-state index contributed by atoms with van der Waals surface area (Å²) in [6, 6.07) is -0.104. The van der Waals surface area contributed by atoms with Crippen LogP contribution in [-0.4, -0.2) is 55.2 Å². The number of aryl methyl sites for hydroxylation is 1. The Labute approximate surface area is 123 Å². The number of aromatic amines is 1. The Morgan fingerprint density at radius 3 is 2.71 bits per heavy atom. The van der Waals surface area contributed by atoms with Gasteiger partial charge in [0.25, 0.3) is 5.91 Å². The van der Waals surface area contributed by atoms with Crippen LogP contribution in [0.25, 0.3) is 0 Å². The Balaban J connectivity index is 2.38. The van der Waals surface area contributed by atoms with Gasteiger partial charge in [0.15, 0.2) is 5.69 Å². The van der Waals surface area contributed by atoms with E-state index in [9.17, 15) is 13.2 Å². The van der Waals surface area contributed by atoms with Crippen molar-refractivity contribution in [1.82, 2.24) is 15.1 Å². The summed E-state index contributed by atoms with van der Waals surface area (Å²) < 4.78 is 28.9. The number of amides is 1. The fourth-order valence-electron chi connectivity index (χ4n) is 2.61. The van der Waals surface area contributed by atoms with E-state index >= 15 is 0 Å². The third-order valence-electron chi connectivity index (χ3n) is 3.79. The molecule has 8 nitrogen and oxygen atoms in total. The van der Waals surface area contributed by atoms with Gasteiger partial charge in [-0.25, -0.2) is 13.6 Å². The van der Waals surface area contributed by atoms with Gasteiger partial charge in [-0.2, -0.15) is 5.10 Å². The number of nitrogens with one attached hydrogen (secondary N) is 1. The molecule has 9 heteroatoms. The Morgan fingerprint density at radius 1 is 1.57 bits per heavy atom. The first-order chi connectivity index (χ1) is 9.77. The first-order valence-electron chi connectivity index (χ1n) is 6.76. The number of primary sulfonamides is 1. The van der Waals surface area contributed by atoms with E-state index < -0.39 is 15.9 Å². The van der Waals surface area contributed by atoms with Crippen LogP contribution in [0.2, 0.25) is 0 Å². The molecule has 1 aromatic rings. The number of ether oxygens (including phenoxy) is 1. The van der Waals surface area contributed by atoms with Crippen LogP contribution < -0.4 is 5.14 Å². The Morgan fingerprint density at radius 2 is 2.24 bits per heavy atom. The molecule has 2 heterocycles. The van der Waals surface area contributed by atoms with Crippen LogP contribution in [0.1, 0.15) is 36.5 Å². The van der Waals surface area contributed by atoms with E-state index in [0.717, 1.165) is 0 Å². The zero-order valence-electron chi connectivity index (χ0n) is 12.3. The molecule has 118 valence electrons. The zero-order valence-corrected chi connectivity index (χ0v) is 13.1. The first kappa shape index (κ1) is 15.9. The lowest BCUT2D eigenvalue weighted by Crippen LogP contribution is -2.41. The molecule has 1 fully saturated rings. The minimum absolute atomic E-state index is 0.0959. The summed E-state index contributed by atoms with van der Waals surface area (Å²) in [4.78, 5) is 13.8. The summed E-state index contributed by atoms with van der Waals surface area (Å²) in [6.07, 6.45) is 0.999. The number of likely N-dealkylation sites (N-methyl/N-ethyl adjacent to an activating group) is 1. The van der Waals surface area contributed by atoms with Gasteiger partial charge in [0.2, 0.25) is 10.0 Å². The van der Waals surface area contributed by atoms with Gasteiger partial charge in [-0.1, -0.05) is 6.92 Å². The quantitative estimate of drug-likeness (QED) is 0.802. The lowest BCUT2D eigenvalue weighted by atomic mass is 10.1. The molecule has 21 heavy (non-hydrogen) atoms. The molecule has 3 N–H and O–H groups in total. The van der Waals surface area contributed by atoms with Crippen molar-refractivity contribution in [1.29, 1.82) is 0 Å². The van der Waals surface area contributed by atoms with E-state index in [1.54, 1.807) is 14.0 Å². The van der Waals surface area contributed by atoms with Crippen LogP contribution in [-0.2, 0) is 21.2 Å². The Hall–Kier alpha value is -1.45. The molecule has 1 aromatic heterocycles. The van der Waals surface area contributed by atoms with Crippen LogP contribution in [0.15, 0.2) is 4.90 Å². The van der Waals surface area contributed by atoms with E-state index in [1.165, 1.54) is 4.90 Å². The van der Waals surface area contributed by atoms with Crippen molar-refractivity contribution in [3.63, 3.8) is 0 Å². The smallest absolute Gasteiger partial charge is 0.275 e. The van der Waals surface area contributed by atoms with Crippen LogP contribution in [0.3, 0.4) is 0 Å². The molecule has 1 aliphatic rings. The highest BCUT2D eigenvalue weighted by Gasteiger charge is 2.35. The highest BCUT2D eigenvalue weighted by Crippen LogP contribution is 2.23. The molecular formula is C12H20N4O4S. The molecule has 1 saturated heterocycles. The number of carbonyl (C=O) groups excluding carboxylic acids is 1. The predicted octanol–water partition coefficient (Wildman–Crippen LogP) is -0.131. The number of sulfonamides is 1. The fourth-order valence-corrected chi connectivity index (χ4v) is 3.54. The second-order valence-corrected chi connectivity index (χ2v) is 6.62. The van der Waals surface area contributed by atoms with Gasteiger partial charge < -0.3 is 9.64 Å². The standard InChI is InChI=1S/C12H20N4O4S/c1-4-8-11(21(13,18)19)10(15-14-8)12(17)16(3)9-5-6-20-7(9)2/h7,9H,4-6H2,1-3H3,(H,14,15)(H2,13,18,19). The number of nitrogens with zero attached hydrogens (tertiary/aromatic N) is 2. The summed E-state index contributed by atoms with van der Waals surface area (Å²) in [5.41, 5.74) is 0.181. The number of H-pyrrole nitrogens is 1. The maximum Gasteiger partial charge on any atom is 0.275 e. The Bertz CT molecular complexity index is 640. The highest BCUT2D eigenvalue weighted by atomic mass is 32.2. The molecule has 2 atom stereocenters. The highest BCUT2D eigenvalue weighted by molar-refractivity contribution is 7.89. The average molecular weight is 316 g/mol. The minimum Gasteiger partial charge on any atom is -0.376 e. The number of hydrogen-bond acceptors (Lipinski definition) is 5. The lowest BCUT2D eigenvalue weighted by Gasteiger charge is -2.26. The number of carbonyl (C=O) groups is 1. The van der Waals surface area contributed by atoms with E-state index in [4.69, 9.17) is 9.88 Å². The van der Waals surface area contributed by atoms with Crippen molar-refractivity contribution in [3.8, 4) is 0 Å². The lowest BCUT2D eigenvalue weighted by molar-refractivity contribution is 0.0566. The summed E-state index contributed by atoms with van der Waals surface area (Å²) in [6.45, 7) is 4.21. The third kappa shape index (κ3) is 2.94. The van der Waals surface area contributed by atoms with Crippen LogP contribution >= 0.6 is 0 Å². The molecule has 0 aliphatic carbocycles. The topological polar surface area (TPSA) is 118 Å². The SMILES string of the molecule is CCc1[nH]nc(C(=O)N(C)C2CCOC2C)c1S(N)(=O)=O. The number of hydrogen-bond donors (Lipinski definition) is 2. The van der Waals surface area contributed by atoms with Gasteiger partial charge in [-0.15, -0.1) is 0 Å². The maximum atomic E-state index is 12.5. The average Bonchev–Trinajstić information content (AvgIpc) is 3.01. The molecular weight excluding hydrogens is 296 g/mol. The van der Waals surface area contributed by atoms with Crippen LogP contribution in [0.4, 0.5) is 0 Å². The van der Waals surface area contributed by atoms with Crippen molar-refractivity contribution in [2.24, 2.45) is 5.14 Å². The first-order valence-corrected chi connectivity index (χ1v) is 8.30. The summed E-state index contributed by atoms with van der Waals surface area (Å²) >= 11 is 0. The minimum atomic E-state index is -4.02. The van der Waals surface area contributed by atoms with Gasteiger partial charge in [-0.3, -0.25) is 9.89 Å². The molecule has 0 bridgehead atoms. The van der Waals surface area contributed by atoms with Crippen molar-refractivity contribution in [3.05, 3.63) is 11.4 Å². The molecule has 2 rings (SSSR count). The monoisotopic (exact) mass is 316 g/mol. The Kier molecular flexibility index (Phi) is 4.35.